The van der Waals surface area contributed by atoms with Gasteiger partial charge in [-0.15, -0.1) is 0 Å². The molecule has 0 saturated heterocycles. The van der Waals surface area contributed by atoms with Crippen molar-refractivity contribution < 1.29 is 4.79 Å². The van der Waals surface area contributed by atoms with Crippen molar-refractivity contribution in [3.05, 3.63) is 71.3 Å². The maximum absolute atomic E-state index is 12.1. The highest BCUT2D eigenvalue weighted by Gasteiger charge is 2.05. The monoisotopic (exact) mass is 280 g/mol. The lowest BCUT2D eigenvalue weighted by molar-refractivity contribution is -0.125. The quantitative estimate of drug-likeness (QED) is 0.690. The third-order valence-electron chi connectivity index (χ3n) is 3.23. The first-order valence-corrected chi connectivity index (χ1v) is 6.89. The van der Waals surface area contributed by atoms with Crippen molar-refractivity contribution in [2.75, 3.05) is 12.8 Å². The van der Waals surface area contributed by atoms with Crippen LogP contribution in [0.15, 0.2) is 54.6 Å². The van der Waals surface area contributed by atoms with Crippen LogP contribution in [0, 0.1) is 6.92 Å². The van der Waals surface area contributed by atoms with Gasteiger partial charge in [0, 0.05) is 25.4 Å². The van der Waals surface area contributed by atoms with Gasteiger partial charge in [0.25, 0.3) is 0 Å². The lowest BCUT2D eigenvalue weighted by Gasteiger charge is -2.15. The predicted octanol–water partition coefficient (Wildman–Crippen LogP) is 3.25. The van der Waals surface area contributed by atoms with Gasteiger partial charge in [-0.1, -0.05) is 42.0 Å². The fourth-order valence-electron chi connectivity index (χ4n) is 2.06. The topological polar surface area (TPSA) is 46.3 Å². The summed E-state index contributed by atoms with van der Waals surface area (Å²) in [6.45, 7) is 2.65. The summed E-state index contributed by atoms with van der Waals surface area (Å²) < 4.78 is 0. The highest BCUT2D eigenvalue weighted by molar-refractivity contribution is 5.91. The first-order chi connectivity index (χ1) is 10.0. The number of hydrogen-bond acceptors (Lipinski definition) is 2. The molecule has 2 rings (SSSR count). The van der Waals surface area contributed by atoms with Crippen molar-refractivity contribution in [1.82, 2.24) is 4.90 Å². The molecule has 0 saturated carbocycles. The van der Waals surface area contributed by atoms with E-state index in [1.165, 1.54) is 5.56 Å². The van der Waals surface area contributed by atoms with Gasteiger partial charge in [-0.25, -0.2) is 0 Å². The van der Waals surface area contributed by atoms with Crippen molar-refractivity contribution in [2.45, 2.75) is 13.5 Å². The SMILES string of the molecule is Cc1cccc(CN(C)C(=O)/C=C/c2ccc(N)cc2)c1. The molecule has 3 heteroatoms. The second-order valence-electron chi connectivity index (χ2n) is 5.18. The van der Waals surface area contributed by atoms with Crippen molar-refractivity contribution in [1.29, 1.82) is 0 Å². The number of carbonyl (C=O) groups is 1. The Morgan fingerprint density at radius 2 is 1.90 bits per heavy atom. The van der Waals surface area contributed by atoms with Gasteiger partial charge >= 0.3 is 0 Å². The van der Waals surface area contributed by atoms with Crippen molar-refractivity contribution in [2.24, 2.45) is 0 Å². The van der Waals surface area contributed by atoms with Crippen LogP contribution >= 0.6 is 0 Å². The molecule has 0 radical (unpaired) electrons. The first-order valence-electron chi connectivity index (χ1n) is 6.89. The summed E-state index contributed by atoms with van der Waals surface area (Å²) in [5, 5.41) is 0. The number of nitrogen functional groups attached to an aromatic ring is 1. The molecule has 0 aliphatic heterocycles. The Hall–Kier alpha value is -2.55. The van der Waals surface area contributed by atoms with E-state index in [4.69, 9.17) is 5.73 Å². The van der Waals surface area contributed by atoms with E-state index in [9.17, 15) is 4.79 Å². The standard InChI is InChI=1S/C18H20N2O/c1-14-4-3-5-16(12-14)13-20(2)18(21)11-8-15-6-9-17(19)10-7-15/h3-12H,13,19H2,1-2H3/b11-8+. The summed E-state index contributed by atoms with van der Waals surface area (Å²) >= 11 is 0. The summed E-state index contributed by atoms with van der Waals surface area (Å²) in [6.07, 6.45) is 3.38. The molecule has 21 heavy (non-hydrogen) atoms. The molecule has 108 valence electrons. The van der Waals surface area contributed by atoms with Crippen LogP contribution in [0.2, 0.25) is 0 Å². The highest BCUT2D eigenvalue weighted by Crippen LogP contribution is 2.09. The zero-order chi connectivity index (χ0) is 15.2. The van der Waals surface area contributed by atoms with Crippen LogP contribution in [0.25, 0.3) is 6.08 Å². The highest BCUT2D eigenvalue weighted by atomic mass is 16.2. The number of hydrogen-bond donors (Lipinski definition) is 1. The Morgan fingerprint density at radius 3 is 2.57 bits per heavy atom. The van der Waals surface area contributed by atoms with Gasteiger partial charge in [-0.05, 0) is 36.3 Å². The fraction of sp³-hybridized carbons (Fsp3) is 0.167. The number of nitrogens with zero attached hydrogens (tertiary/aromatic N) is 1. The molecule has 1 amide bonds. The average molecular weight is 280 g/mol. The molecular formula is C18H20N2O. The van der Waals surface area contributed by atoms with E-state index in [0.29, 0.717) is 6.54 Å². The number of anilines is 1. The van der Waals surface area contributed by atoms with Crippen LogP contribution in [0.1, 0.15) is 16.7 Å². The van der Waals surface area contributed by atoms with E-state index in [1.807, 2.05) is 49.4 Å². The number of aryl methyl sites for hydroxylation is 1. The van der Waals surface area contributed by atoms with E-state index < -0.39 is 0 Å². The maximum Gasteiger partial charge on any atom is 0.246 e. The zero-order valence-corrected chi connectivity index (χ0v) is 12.4. The van der Waals surface area contributed by atoms with Crippen molar-refractivity contribution >= 4 is 17.7 Å². The summed E-state index contributed by atoms with van der Waals surface area (Å²) in [4.78, 5) is 13.8. The van der Waals surface area contributed by atoms with Gasteiger partial charge in [0.05, 0.1) is 0 Å². The van der Waals surface area contributed by atoms with Gasteiger partial charge in [0.2, 0.25) is 5.91 Å². The molecule has 0 unspecified atom stereocenters. The third-order valence-corrected chi connectivity index (χ3v) is 3.23. The second kappa shape index (κ2) is 6.75. The Morgan fingerprint density at radius 1 is 1.19 bits per heavy atom. The molecule has 0 aliphatic rings. The van der Waals surface area contributed by atoms with E-state index in [2.05, 4.69) is 6.07 Å². The van der Waals surface area contributed by atoms with Crippen LogP contribution < -0.4 is 5.73 Å². The molecule has 0 aliphatic carbocycles. The number of carbonyl (C=O) groups excluding carboxylic acids is 1. The molecular weight excluding hydrogens is 260 g/mol. The Bertz CT molecular complexity index is 645. The molecule has 2 aromatic carbocycles. The molecule has 0 heterocycles. The summed E-state index contributed by atoms with van der Waals surface area (Å²) in [7, 11) is 1.80. The van der Waals surface area contributed by atoms with Crippen molar-refractivity contribution in [3.8, 4) is 0 Å². The second-order valence-corrected chi connectivity index (χ2v) is 5.18. The molecule has 0 aromatic heterocycles. The number of rotatable bonds is 4. The van der Waals surface area contributed by atoms with Gasteiger partial charge in [0.15, 0.2) is 0 Å². The minimum Gasteiger partial charge on any atom is -0.399 e. The molecule has 2 N–H and O–H groups in total. The smallest absolute Gasteiger partial charge is 0.246 e. The summed E-state index contributed by atoms with van der Waals surface area (Å²) in [5.74, 6) is -0.0201. The van der Waals surface area contributed by atoms with Gasteiger partial charge in [-0.2, -0.15) is 0 Å². The molecule has 2 aromatic rings. The van der Waals surface area contributed by atoms with Gasteiger partial charge in [0.1, 0.15) is 0 Å². The van der Waals surface area contributed by atoms with Gasteiger partial charge in [-0.3, -0.25) is 4.79 Å². The number of nitrogens with two attached hydrogens (primary N) is 1. The Labute approximate surface area is 125 Å². The first kappa shape index (κ1) is 14.9. The van der Waals surface area contributed by atoms with Gasteiger partial charge < -0.3 is 10.6 Å². The molecule has 0 fully saturated rings. The number of likely N-dealkylation sites (N-methyl/N-ethyl adjacent to an activating group) is 1. The molecule has 0 atom stereocenters. The van der Waals surface area contributed by atoms with E-state index >= 15 is 0 Å². The van der Waals surface area contributed by atoms with Crippen LogP contribution in [0.3, 0.4) is 0 Å². The summed E-state index contributed by atoms with van der Waals surface area (Å²) in [6, 6.07) is 15.6. The van der Waals surface area contributed by atoms with Crippen LogP contribution in [0.5, 0.6) is 0 Å². The average Bonchev–Trinajstić information content (AvgIpc) is 2.46. The molecule has 0 spiro atoms. The number of benzene rings is 2. The largest absolute Gasteiger partial charge is 0.399 e. The maximum atomic E-state index is 12.1. The minimum atomic E-state index is -0.0201. The van der Waals surface area contributed by atoms with Crippen LogP contribution in [0.4, 0.5) is 5.69 Å². The fourth-order valence-corrected chi connectivity index (χ4v) is 2.06. The normalized spacial score (nSPS) is 10.8. The van der Waals surface area contributed by atoms with E-state index in [-0.39, 0.29) is 5.91 Å². The predicted molar refractivity (Wildman–Crippen MR) is 87.5 cm³/mol. The lowest BCUT2D eigenvalue weighted by Crippen LogP contribution is -2.24. The van der Waals surface area contributed by atoms with E-state index in [1.54, 1.807) is 24.1 Å². The minimum absolute atomic E-state index is 0.0201. The Balaban J connectivity index is 1.97. The zero-order valence-electron chi connectivity index (χ0n) is 12.4. The lowest BCUT2D eigenvalue weighted by atomic mass is 10.1. The van der Waals surface area contributed by atoms with Crippen molar-refractivity contribution in [3.63, 3.8) is 0 Å². The molecule has 3 nitrogen and oxygen atoms in total. The van der Waals surface area contributed by atoms with Crippen LogP contribution in [-0.4, -0.2) is 17.9 Å². The summed E-state index contributed by atoms with van der Waals surface area (Å²) in [5.41, 5.74) is 9.64. The number of amides is 1. The van der Waals surface area contributed by atoms with E-state index in [0.717, 1.165) is 16.8 Å². The third kappa shape index (κ3) is 4.49. The van der Waals surface area contributed by atoms with Crippen LogP contribution in [-0.2, 0) is 11.3 Å². The Kier molecular flexibility index (Phi) is 4.77. The molecule has 0 bridgehead atoms.